The number of rotatable bonds is 6. The van der Waals surface area contributed by atoms with E-state index < -0.39 is 5.60 Å². The lowest BCUT2D eigenvalue weighted by Gasteiger charge is -2.30. The van der Waals surface area contributed by atoms with Gasteiger partial charge in [0.2, 0.25) is 0 Å². The molecule has 1 aromatic carbocycles. The number of hydrogen-bond acceptors (Lipinski definition) is 5. The summed E-state index contributed by atoms with van der Waals surface area (Å²) in [6.07, 6.45) is 5.99. The summed E-state index contributed by atoms with van der Waals surface area (Å²) in [4.78, 5) is 16.4. The molecule has 0 bridgehead atoms. The zero-order chi connectivity index (χ0) is 20.1. The summed E-state index contributed by atoms with van der Waals surface area (Å²) >= 11 is 6.39. The first-order valence-electron chi connectivity index (χ1n) is 9.44. The molecule has 28 heavy (non-hydrogen) atoms. The lowest BCUT2D eigenvalue weighted by molar-refractivity contribution is -0.0294. The lowest BCUT2D eigenvalue weighted by atomic mass is 10.2. The van der Waals surface area contributed by atoms with Gasteiger partial charge in [0.15, 0.2) is 0 Å². The molecule has 8 heteroatoms. The fraction of sp³-hybridized carbons (Fsp3) is 0.500. The number of aromatic nitrogens is 2. The molecule has 3 rings (SSSR count). The number of carbonyl (C=O) groups excluding carboxylic acids is 1. The smallest absolute Gasteiger partial charge is 0.424 e. The average molecular weight is 407 g/mol. The maximum Gasteiger partial charge on any atom is 0.424 e. The van der Waals surface area contributed by atoms with Crippen LogP contribution in [0.15, 0.2) is 36.9 Å². The summed E-state index contributed by atoms with van der Waals surface area (Å²) in [5.74, 6) is 0.649. The molecule has 1 fully saturated rings. The van der Waals surface area contributed by atoms with Crippen LogP contribution in [0.2, 0.25) is 5.02 Å². The second-order valence-corrected chi connectivity index (χ2v) is 8.17. The number of hydrazine groups is 1. The molecule has 0 aliphatic carbocycles. The van der Waals surface area contributed by atoms with E-state index in [1.165, 1.54) is 0 Å². The van der Waals surface area contributed by atoms with Crippen molar-refractivity contribution in [2.45, 2.75) is 45.9 Å². The summed E-state index contributed by atoms with van der Waals surface area (Å²) in [6, 6.07) is 5.74. The summed E-state index contributed by atoms with van der Waals surface area (Å²) in [6.45, 7) is 8.89. The third-order valence-electron chi connectivity index (χ3n) is 4.26. The highest BCUT2D eigenvalue weighted by Gasteiger charge is 2.30. The highest BCUT2D eigenvalue weighted by molar-refractivity contribution is 6.32. The van der Waals surface area contributed by atoms with Crippen LogP contribution < -0.4 is 4.74 Å². The molecule has 1 aliphatic rings. The van der Waals surface area contributed by atoms with Gasteiger partial charge in [-0.3, -0.25) is 0 Å². The zero-order valence-electron chi connectivity index (χ0n) is 16.6. The minimum atomic E-state index is -0.510. The molecular weight excluding hydrogens is 380 g/mol. The maximum absolute atomic E-state index is 12.4. The van der Waals surface area contributed by atoms with Crippen LogP contribution in [0.5, 0.6) is 5.75 Å². The molecule has 2 aromatic rings. The van der Waals surface area contributed by atoms with E-state index in [-0.39, 0.29) is 6.09 Å². The maximum atomic E-state index is 12.4. The quantitative estimate of drug-likeness (QED) is 0.726. The van der Waals surface area contributed by atoms with Crippen LogP contribution in [-0.2, 0) is 17.8 Å². The van der Waals surface area contributed by atoms with Gasteiger partial charge in [0, 0.05) is 32.0 Å². The van der Waals surface area contributed by atoms with E-state index in [9.17, 15) is 4.79 Å². The van der Waals surface area contributed by atoms with Gasteiger partial charge in [-0.25, -0.2) is 19.8 Å². The summed E-state index contributed by atoms with van der Waals surface area (Å²) < 4.78 is 13.2. The number of hydrogen-bond donors (Lipinski definition) is 0. The Morgan fingerprint density at radius 1 is 1.29 bits per heavy atom. The van der Waals surface area contributed by atoms with E-state index in [1.54, 1.807) is 17.5 Å². The first-order valence-corrected chi connectivity index (χ1v) is 9.82. The second kappa shape index (κ2) is 8.84. The van der Waals surface area contributed by atoms with Crippen LogP contribution in [0.1, 0.15) is 32.8 Å². The summed E-state index contributed by atoms with van der Waals surface area (Å²) in [5, 5.41) is 4.24. The second-order valence-electron chi connectivity index (χ2n) is 7.76. The van der Waals surface area contributed by atoms with Crippen LogP contribution in [0.25, 0.3) is 0 Å². The Labute approximate surface area is 170 Å². The Bertz CT molecular complexity index is 789. The first kappa shape index (κ1) is 20.5. The van der Waals surface area contributed by atoms with Crippen LogP contribution in [0, 0.1) is 0 Å². The molecule has 0 spiro atoms. The summed E-state index contributed by atoms with van der Waals surface area (Å²) in [7, 11) is 0. The predicted octanol–water partition coefficient (Wildman–Crippen LogP) is 3.97. The van der Waals surface area contributed by atoms with Crippen molar-refractivity contribution >= 4 is 17.7 Å². The van der Waals surface area contributed by atoms with Crippen molar-refractivity contribution in [1.82, 2.24) is 19.6 Å². The number of imidazole rings is 1. The van der Waals surface area contributed by atoms with E-state index in [2.05, 4.69) is 4.98 Å². The number of carbonyl (C=O) groups is 1. The molecule has 1 aromatic heterocycles. The van der Waals surface area contributed by atoms with Crippen molar-refractivity contribution in [2.24, 2.45) is 0 Å². The molecule has 0 atom stereocenters. The Morgan fingerprint density at radius 2 is 2.11 bits per heavy atom. The molecule has 0 saturated carbocycles. The Balaban J connectivity index is 1.56. The number of benzene rings is 1. The summed E-state index contributed by atoms with van der Waals surface area (Å²) in [5.41, 5.74) is 0.507. The molecule has 1 aliphatic heterocycles. The average Bonchev–Trinajstić information content (AvgIpc) is 3.27. The van der Waals surface area contributed by atoms with Crippen molar-refractivity contribution in [3.8, 4) is 5.75 Å². The minimum Gasteiger partial charge on any atom is -0.490 e. The van der Waals surface area contributed by atoms with Gasteiger partial charge in [-0.1, -0.05) is 17.7 Å². The van der Waals surface area contributed by atoms with Crippen molar-refractivity contribution in [3.63, 3.8) is 0 Å². The highest BCUT2D eigenvalue weighted by Crippen LogP contribution is 2.27. The minimum absolute atomic E-state index is 0.310. The Morgan fingerprint density at radius 3 is 2.79 bits per heavy atom. The SMILES string of the molecule is CC(C)(C)OC(=O)N1CCCN1Cc1ccc(OCCn2ccnc2)c(Cl)c1. The van der Waals surface area contributed by atoms with Crippen LogP contribution in [0.4, 0.5) is 4.79 Å². The van der Waals surface area contributed by atoms with Gasteiger partial charge in [-0.15, -0.1) is 0 Å². The molecule has 0 unspecified atom stereocenters. The predicted molar refractivity (Wildman–Crippen MR) is 107 cm³/mol. The molecular formula is C20H27ClN4O3. The van der Waals surface area contributed by atoms with Crippen molar-refractivity contribution in [3.05, 3.63) is 47.5 Å². The van der Waals surface area contributed by atoms with Gasteiger partial charge in [0.05, 0.1) is 17.9 Å². The van der Waals surface area contributed by atoms with Crippen molar-refractivity contribution in [1.29, 1.82) is 0 Å². The normalized spacial score (nSPS) is 15.1. The van der Waals surface area contributed by atoms with E-state index in [0.29, 0.717) is 37.0 Å². The monoisotopic (exact) mass is 406 g/mol. The van der Waals surface area contributed by atoms with Gasteiger partial charge in [-0.2, -0.15) is 0 Å². The fourth-order valence-corrected chi connectivity index (χ4v) is 3.26. The van der Waals surface area contributed by atoms with E-state index in [4.69, 9.17) is 21.1 Å². The topological polar surface area (TPSA) is 59.8 Å². The Hall–Kier alpha value is -2.25. The van der Waals surface area contributed by atoms with Crippen molar-refractivity contribution in [2.75, 3.05) is 19.7 Å². The van der Waals surface area contributed by atoms with Crippen LogP contribution in [0.3, 0.4) is 0 Å². The molecule has 2 heterocycles. The Kier molecular flexibility index (Phi) is 6.46. The number of nitrogens with zero attached hydrogens (tertiary/aromatic N) is 4. The van der Waals surface area contributed by atoms with Crippen LogP contribution >= 0.6 is 11.6 Å². The van der Waals surface area contributed by atoms with Gasteiger partial charge in [0.25, 0.3) is 0 Å². The van der Waals surface area contributed by atoms with Gasteiger partial charge >= 0.3 is 6.09 Å². The van der Waals surface area contributed by atoms with Crippen molar-refractivity contribution < 1.29 is 14.3 Å². The molecule has 1 saturated heterocycles. The molecule has 1 amide bonds. The van der Waals surface area contributed by atoms with E-state index >= 15 is 0 Å². The van der Waals surface area contributed by atoms with Gasteiger partial charge < -0.3 is 14.0 Å². The standard InChI is InChI=1S/C20H27ClN4O3/c1-20(2,3)28-19(26)25-9-4-8-24(25)14-16-5-6-18(17(21)13-16)27-12-11-23-10-7-22-15-23/h5-7,10,13,15H,4,8-9,11-12,14H2,1-3H3. The molecule has 152 valence electrons. The largest absolute Gasteiger partial charge is 0.490 e. The number of halogens is 1. The highest BCUT2D eigenvalue weighted by atomic mass is 35.5. The molecule has 7 nitrogen and oxygen atoms in total. The number of ether oxygens (including phenoxy) is 2. The lowest BCUT2D eigenvalue weighted by Crippen LogP contribution is -2.43. The first-order chi connectivity index (χ1) is 13.3. The number of amides is 1. The molecule has 0 radical (unpaired) electrons. The van der Waals surface area contributed by atoms with E-state index in [0.717, 1.165) is 18.5 Å². The van der Waals surface area contributed by atoms with E-state index in [1.807, 2.05) is 54.7 Å². The van der Waals surface area contributed by atoms with Gasteiger partial charge in [0.1, 0.15) is 18.0 Å². The third kappa shape index (κ3) is 5.62. The fourth-order valence-electron chi connectivity index (χ4n) is 3.00. The van der Waals surface area contributed by atoms with Gasteiger partial charge in [-0.05, 0) is 44.9 Å². The zero-order valence-corrected chi connectivity index (χ0v) is 17.4. The molecule has 0 N–H and O–H groups in total. The van der Waals surface area contributed by atoms with Crippen LogP contribution in [-0.4, -0.2) is 51.0 Å². The third-order valence-corrected chi connectivity index (χ3v) is 4.55.